The molecule has 3 heteroatoms. The third-order valence-electron chi connectivity index (χ3n) is 2.57. The molecule has 0 atom stereocenters. The largest absolute Gasteiger partial charge is 0.382 e. The van der Waals surface area contributed by atoms with Crippen LogP contribution in [0.25, 0.3) is 0 Å². The van der Waals surface area contributed by atoms with Crippen LogP contribution in [0.4, 0.5) is 5.82 Å². The fraction of sp³-hybridized carbons (Fsp3) is 0.308. The van der Waals surface area contributed by atoms with Crippen molar-refractivity contribution < 1.29 is 0 Å². The van der Waals surface area contributed by atoms with Crippen LogP contribution >= 0.6 is 0 Å². The van der Waals surface area contributed by atoms with Crippen LogP contribution in [0.3, 0.4) is 0 Å². The first-order valence-corrected chi connectivity index (χ1v) is 5.58. The topological polar surface area (TPSA) is 54.7 Å². The molecular weight excluding hydrogens is 198 g/mol. The van der Waals surface area contributed by atoms with Gasteiger partial charge < -0.3 is 5.73 Å². The second kappa shape index (κ2) is 4.84. The summed E-state index contributed by atoms with van der Waals surface area (Å²) in [6.07, 6.45) is 2.81. The Balaban J connectivity index is 0.000000125. The fourth-order valence-electron chi connectivity index (χ4n) is 1.58. The van der Waals surface area contributed by atoms with Crippen molar-refractivity contribution in [2.45, 2.75) is 25.7 Å². The van der Waals surface area contributed by atoms with Crippen LogP contribution in [0.1, 0.15) is 30.0 Å². The Hall–Kier alpha value is -1.77. The van der Waals surface area contributed by atoms with Crippen molar-refractivity contribution in [2.24, 2.45) is 0 Å². The van der Waals surface area contributed by atoms with Crippen LogP contribution in [0.15, 0.2) is 36.4 Å². The lowest BCUT2D eigenvalue weighted by atomic mass is 10.1. The smallest absolute Gasteiger partial charge is 0.145 e. The maximum absolute atomic E-state index is 5.24. The maximum atomic E-state index is 5.24. The summed E-state index contributed by atoms with van der Waals surface area (Å²) >= 11 is 0. The minimum atomic E-state index is 0.553. The second-order valence-corrected chi connectivity index (χ2v) is 4.16. The summed E-state index contributed by atoms with van der Waals surface area (Å²) in [4.78, 5) is 0. The van der Waals surface area contributed by atoms with Gasteiger partial charge in [0.2, 0.25) is 0 Å². The van der Waals surface area contributed by atoms with Crippen molar-refractivity contribution in [2.75, 3.05) is 5.73 Å². The van der Waals surface area contributed by atoms with E-state index in [1.807, 2.05) is 6.92 Å². The SMILES string of the molecule is Cc1cc(N)n[nH]1.c1ccc(C2CC2)cc1. The number of hydrogen-bond acceptors (Lipinski definition) is 2. The molecule has 3 nitrogen and oxygen atoms in total. The molecule has 1 heterocycles. The number of hydrogen-bond donors (Lipinski definition) is 2. The lowest BCUT2D eigenvalue weighted by Gasteiger charge is -1.92. The predicted molar refractivity (Wildman–Crippen MR) is 66.2 cm³/mol. The lowest BCUT2D eigenvalue weighted by Crippen LogP contribution is -1.81. The molecule has 0 amide bonds. The second-order valence-electron chi connectivity index (χ2n) is 4.16. The summed E-state index contributed by atoms with van der Waals surface area (Å²) in [5.74, 6) is 1.46. The molecule has 1 saturated carbocycles. The number of aryl methyl sites for hydroxylation is 1. The van der Waals surface area contributed by atoms with E-state index in [0.717, 1.165) is 11.6 Å². The van der Waals surface area contributed by atoms with Gasteiger partial charge in [-0.15, -0.1) is 0 Å². The Morgan fingerprint density at radius 1 is 1.25 bits per heavy atom. The van der Waals surface area contributed by atoms with Crippen LogP contribution in [-0.4, -0.2) is 10.2 Å². The lowest BCUT2D eigenvalue weighted by molar-refractivity contribution is 1.05. The average molecular weight is 215 g/mol. The number of benzene rings is 1. The zero-order valence-electron chi connectivity index (χ0n) is 9.48. The average Bonchev–Trinajstić information content (AvgIpc) is 3.07. The number of aromatic amines is 1. The number of nitrogen functional groups attached to an aromatic ring is 1. The number of rotatable bonds is 1. The van der Waals surface area contributed by atoms with Crippen LogP contribution in [0, 0.1) is 6.92 Å². The third-order valence-corrected chi connectivity index (χ3v) is 2.57. The predicted octanol–water partition coefficient (Wildman–Crippen LogP) is 2.86. The van der Waals surface area contributed by atoms with Crippen molar-refractivity contribution in [1.29, 1.82) is 0 Å². The molecular formula is C13H17N3. The molecule has 1 aliphatic carbocycles. The molecule has 1 aromatic carbocycles. The summed E-state index contributed by atoms with van der Waals surface area (Å²) in [6.45, 7) is 1.91. The van der Waals surface area contributed by atoms with Crippen LogP contribution < -0.4 is 5.73 Å². The first-order chi connectivity index (χ1) is 7.75. The molecule has 16 heavy (non-hydrogen) atoms. The van der Waals surface area contributed by atoms with Gasteiger partial charge >= 0.3 is 0 Å². The highest BCUT2D eigenvalue weighted by Crippen LogP contribution is 2.39. The zero-order chi connectivity index (χ0) is 11.4. The normalized spacial score (nSPS) is 14.1. The van der Waals surface area contributed by atoms with Gasteiger partial charge in [-0.05, 0) is 31.2 Å². The molecule has 1 aliphatic rings. The van der Waals surface area contributed by atoms with Gasteiger partial charge in [0.05, 0.1) is 0 Å². The summed E-state index contributed by atoms with van der Waals surface area (Å²) in [5.41, 5.74) is 7.76. The Morgan fingerprint density at radius 3 is 2.31 bits per heavy atom. The standard InChI is InChI=1S/C9H10.C4H7N3/c1-2-4-8(5-3-1)9-6-7-9;1-3-2-4(5)7-6-3/h1-5,9H,6-7H2;2H,1H3,(H3,5,6,7). The molecule has 1 fully saturated rings. The van der Waals surface area contributed by atoms with Gasteiger partial charge in [0.25, 0.3) is 0 Å². The number of aromatic nitrogens is 2. The highest BCUT2D eigenvalue weighted by atomic mass is 15.1. The minimum absolute atomic E-state index is 0.553. The molecule has 0 saturated heterocycles. The number of nitrogens with two attached hydrogens (primary N) is 1. The molecule has 3 rings (SSSR count). The van der Waals surface area contributed by atoms with E-state index in [1.54, 1.807) is 6.07 Å². The summed E-state index contributed by atoms with van der Waals surface area (Å²) < 4.78 is 0. The van der Waals surface area contributed by atoms with Crippen molar-refractivity contribution >= 4 is 5.82 Å². The van der Waals surface area contributed by atoms with Crippen LogP contribution in [0.5, 0.6) is 0 Å². The van der Waals surface area contributed by atoms with E-state index < -0.39 is 0 Å². The summed E-state index contributed by atoms with van der Waals surface area (Å²) in [6, 6.07) is 12.5. The Bertz CT molecular complexity index is 413. The summed E-state index contributed by atoms with van der Waals surface area (Å²) in [7, 11) is 0. The highest BCUT2D eigenvalue weighted by molar-refractivity contribution is 5.27. The van der Waals surface area contributed by atoms with Gasteiger partial charge in [0, 0.05) is 11.8 Å². The molecule has 3 N–H and O–H groups in total. The minimum Gasteiger partial charge on any atom is -0.382 e. The quantitative estimate of drug-likeness (QED) is 0.768. The van der Waals surface area contributed by atoms with E-state index in [0.29, 0.717) is 5.82 Å². The third kappa shape index (κ3) is 3.12. The van der Waals surface area contributed by atoms with Crippen molar-refractivity contribution in [3.63, 3.8) is 0 Å². The van der Waals surface area contributed by atoms with Gasteiger partial charge in [0.1, 0.15) is 5.82 Å². The van der Waals surface area contributed by atoms with E-state index in [9.17, 15) is 0 Å². The molecule has 2 aromatic rings. The van der Waals surface area contributed by atoms with Crippen LogP contribution in [-0.2, 0) is 0 Å². The number of H-pyrrole nitrogens is 1. The first kappa shape index (κ1) is 10.7. The number of anilines is 1. The molecule has 0 radical (unpaired) electrons. The van der Waals surface area contributed by atoms with E-state index in [1.165, 1.54) is 18.4 Å². The highest BCUT2D eigenvalue weighted by Gasteiger charge is 2.22. The van der Waals surface area contributed by atoms with Crippen molar-refractivity contribution in [3.8, 4) is 0 Å². The van der Waals surface area contributed by atoms with Gasteiger partial charge in [-0.3, -0.25) is 5.10 Å². The van der Waals surface area contributed by atoms with E-state index in [2.05, 4.69) is 40.5 Å². The zero-order valence-corrected chi connectivity index (χ0v) is 9.48. The number of nitrogens with zero attached hydrogens (tertiary/aromatic N) is 1. The van der Waals surface area contributed by atoms with E-state index in [-0.39, 0.29) is 0 Å². The molecule has 0 bridgehead atoms. The number of nitrogens with one attached hydrogen (secondary N) is 1. The molecule has 84 valence electrons. The monoisotopic (exact) mass is 215 g/mol. The van der Waals surface area contributed by atoms with Gasteiger partial charge in [-0.2, -0.15) is 5.10 Å². The first-order valence-electron chi connectivity index (χ1n) is 5.58. The molecule has 0 unspecified atom stereocenters. The van der Waals surface area contributed by atoms with Crippen LogP contribution in [0.2, 0.25) is 0 Å². The van der Waals surface area contributed by atoms with E-state index in [4.69, 9.17) is 5.73 Å². The van der Waals surface area contributed by atoms with Crippen molar-refractivity contribution in [3.05, 3.63) is 47.7 Å². The molecule has 0 aliphatic heterocycles. The Morgan fingerprint density at radius 2 is 1.94 bits per heavy atom. The van der Waals surface area contributed by atoms with E-state index >= 15 is 0 Å². The Kier molecular flexibility index (Phi) is 3.25. The van der Waals surface area contributed by atoms with Gasteiger partial charge in [-0.25, -0.2) is 0 Å². The Labute approximate surface area is 95.7 Å². The fourth-order valence-corrected chi connectivity index (χ4v) is 1.58. The van der Waals surface area contributed by atoms with Gasteiger partial charge in [0.15, 0.2) is 0 Å². The summed E-state index contributed by atoms with van der Waals surface area (Å²) in [5, 5.41) is 6.36. The van der Waals surface area contributed by atoms with Crippen molar-refractivity contribution in [1.82, 2.24) is 10.2 Å². The molecule has 0 spiro atoms. The maximum Gasteiger partial charge on any atom is 0.145 e. The molecule has 1 aromatic heterocycles. The van der Waals surface area contributed by atoms with Gasteiger partial charge in [-0.1, -0.05) is 30.3 Å².